The van der Waals surface area contributed by atoms with Gasteiger partial charge in [-0.05, 0) is 56.7 Å². The Kier molecular flexibility index (Phi) is 5.54. The summed E-state index contributed by atoms with van der Waals surface area (Å²) < 4.78 is 5.88. The first kappa shape index (κ1) is 22.0. The molecule has 1 amide bonds. The van der Waals surface area contributed by atoms with E-state index in [-0.39, 0.29) is 18.1 Å². The second kappa shape index (κ2) is 8.54. The van der Waals surface area contributed by atoms with Gasteiger partial charge in [-0.2, -0.15) is 0 Å². The number of carbonyl (C=O) groups is 2. The van der Waals surface area contributed by atoms with Crippen LogP contribution in [0.4, 0.5) is 5.69 Å². The van der Waals surface area contributed by atoms with Crippen molar-refractivity contribution in [3.05, 3.63) is 88.8 Å². The molecule has 5 rings (SSSR count). The summed E-state index contributed by atoms with van der Waals surface area (Å²) in [6, 6.07) is 20.8. The van der Waals surface area contributed by atoms with E-state index in [0.717, 1.165) is 21.8 Å². The zero-order valence-corrected chi connectivity index (χ0v) is 20.0. The summed E-state index contributed by atoms with van der Waals surface area (Å²) >= 11 is 1.62. The van der Waals surface area contributed by atoms with E-state index in [0.29, 0.717) is 22.6 Å². The highest BCUT2D eigenvalue weighted by Crippen LogP contribution is 2.34. The summed E-state index contributed by atoms with van der Waals surface area (Å²) in [5.74, 6) is 0.234. The molecule has 1 N–H and O–H groups in total. The molecule has 4 aromatic rings. The van der Waals surface area contributed by atoms with Crippen molar-refractivity contribution < 1.29 is 14.3 Å². The molecular formula is C28H24N2O3S. The fraction of sp³-hybridized carbons (Fsp3) is 0.179. The average Bonchev–Trinajstić information content (AvgIpc) is 3.29. The molecule has 0 saturated heterocycles. The van der Waals surface area contributed by atoms with Gasteiger partial charge >= 0.3 is 0 Å². The van der Waals surface area contributed by atoms with Crippen molar-refractivity contribution in [3.8, 4) is 27.6 Å². The Morgan fingerprint density at radius 2 is 1.79 bits per heavy atom. The number of hydrogen-bond acceptors (Lipinski definition) is 5. The zero-order chi connectivity index (χ0) is 23.9. The van der Waals surface area contributed by atoms with Gasteiger partial charge in [0.05, 0.1) is 17.7 Å². The van der Waals surface area contributed by atoms with E-state index >= 15 is 0 Å². The van der Waals surface area contributed by atoms with Gasteiger partial charge in [-0.15, -0.1) is 11.3 Å². The first-order valence-corrected chi connectivity index (χ1v) is 12.0. The maximum absolute atomic E-state index is 12.8. The Hall–Kier alpha value is -3.77. The van der Waals surface area contributed by atoms with Gasteiger partial charge in [0.2, 0.25) is 0 Å². The fourth-order valence-corrected chi connectivity index (χ4v) is 4.98. The van der Waals surface area contributed by atoms with E-state index in [1.54, 1.807) is 29.5 Å². The number of rotatable bonds is 4. The van der Waals surface area contributed by atoms with Gasteiger partial charge < -0.3 is 10.1 Å². The molecule has 0 fully saturated rings. The summed E-state index contributed by atoms with van der Waals surface area (Å²) in [5.41, 5.74) is 5.22. The number of nitrogens with one attached hydrogen (secondary N) is 1. The summed E-state index contributed by atoms with van der Waals surface area (Å²) in [6.07, 6.45) is 0.286. The van der Waals surface area contributed by atoms with Crippen LogP contribution in [0, 0.1) is 6.92 Å². The highest BCUT2D eigenvalue weighted by Gasteiger charge is 2.32. The lowest BCUT2D eigenvalue weighted by molar-refractivity contribution is 0.0620. The lowest BCUT2D eigenvalue weighted by Gasteiger charge is -2.31. The number of ketones is 1. The van der Waals surface area contributed by atoms with Crippen LogP contribution in [0.2, 0.25) is 0 Å². The second-order valence-corrected chi connectivity index (χ2v) is 9.92. The molecule has 0 radical (unpaired) electrons. The maximum atomic E-state index is 12.8. The molecule has 0 spiro atoms. The minimum atomic E-state index is -0.534. The van der Waals surface area contributed by atoms with E-state index in [2.05, 4.69) is 24.4 Å². The van der Waals surface area contributed by atoms with Crippen LogP contribution in [-0.4, -0.2) is 22.3 Å². The third-order valence-electron chi connectivity index (χ3n) is 5.83. The monoisotopic (exact) mass is 468 g/mol. The highest BCUT2D eigenvalue weighted by atomic mass is 32.1. The van der Waals surface area contributed by atoms with Gasteiger partial charge in [0.1, 0.15) is 16.4 Å². The van der Waals surface area contributed by atoms with Crippen molar-refractivity contribution in [2.75, 3.05) is 5.32 Å². The largest absolute Gasteiger partial charge is 0.487 e. The molecule has 3 aromatic carbocycles. The van der Waals surface area contributed by atoms with E-state index in [4.69, 9.17) is 9.72 Å². The van der Waals surface area contributed by atoms with Crippen LogP contribution in [0.3, 0.4) is 0 Å². The summed E-state index contributed by atoms with van der Waals surface area (Å²) in [7, 11) is 0. The Bertz CT molecular complexity index is 1400. The van der Waals surface area contributed by atoms with Gasteiger partial charge in [-0.25, -0.2) is 4.98 Å². The van der Waals surface area contributed by atoms with Crippen molar-refractivity contribution in [1.82, 2.24) is 4.98 Å². The summed E-state index contributed by atoms with van der Waals surface area (Å²) in [5, 5.41) is 5.93. The number of carbonyl (C=O) groups excluding carboxylic acids is 2. The molecule has 1 aromatic heterocycles. The van der Waals surface area contributed by atoms with Crippen LogP contribution in [0.5, 0.6) is 5.75 Å². The minimum Gasteiger partial charge on any atom is -0.487 e. The van der Waals surface area contributed by atoms with E-state index < -0.39 is 5.60 Å². The van der Waals surface area contributed by atoms with Crippen LogP contribution in [0.1, 0.15) is 46.5 Å². The highest BCUT2D eigenvalue weighted by molar-refractivity contribution is 7.13. The SMILES string of the molecule is Cc1ccccc1-c1nc(-c2ccc(NC(=O)c3ccc4c(c3)C(=O)CC(C)(C)O4)cc2)cs1. The molecule has 1 aliphatic heterocycles. The molecule has 2 heterocycles. The van der Waals surface area contributed by atoms with Crippen LogP contribution in [0.15, 0.2) is 72.1 Å². The predicted octanol–water partition coefficient (Wildman–Crippen LogP) is 6.78. The topological polar surface area (TPSA) is 68.3 Å². The van der Waals surface area contributed by atoms with Crippen LogP contribution < -0.4 is 10.1 Å². The smallest absolute Gasteiger partial charge is 0.255 e. The minimum absolute atomic E-state index is 0.0152. The Morgan fingerprint density at radius 3 is 2.56 bits per heavy atom. The molecule has 6 heteroatoms. The van der Waals surface area contributed by atoms with Crippen molar-refractivity contribution in [1.29, 1.82) is 0 Å². The van der Waals surface area contributed by atoms with Crippen LogP contribution in [-0.2, 0) is 0 Å². The van der Waals surface area contributed by atoms with E-state index in [1.165, 1.54) is 5.56 Å². The average molecular weight is 469 g/mol. The van der Waals surface area contributed by atoms with Crippen LogP contribution >= 0.6 is 11.3 Å². The van der Waals surface area contributed by atoms with Crippen molar-refractivity contribution in [2.45, 2.75) is 32.8 Å². The number of aromatic nitrogens is 1. The summed E-state index contributed by atoms with van der Waals surface area (Å²) in [6.45, 7) is 5.85. The Balaban J connectivity index is 1.31. The number of aryl methyl sites for hydroxylation is 1. The normalized spacial score (nSPS) is 14.3. The standard InChI is InChI=1S/C28H24N2O3S/c1-17-6-4-5-7-21(17)27-30-23(16-34-27)18-8-11-20(12-9-18)29-26(32)19-10-13-25-22(14-19)24(31)15-28(2,3)33-25/h4-14,16H,15H2,1-3H3,(H,29,32). The van der Waals surface area contributed by atoms with Gasteiger partial charge in [0, 0.05) is 27.8 Å². The molecular weight excluding hydrogens is 444 g/mol. The number of thiazole rings is 1. The molecule has 0 aliphatic carbocycles. The molecule has 0 saturated carbocycles. The van der Waals surface area contributed by atoms with Crippen molar-refractivity contribution in [3.63, 3.8) is 0 Å². The van der Waals surface area contributed by atoms with Gasteiger partial charge in [0.25, 0.3) is 5.91 Å². The number of anilines is 1. The van der Waals surface area contributed by atoms with Crippen molar-refractivity contribution >= 4 is 28.7 Å². The third-order valence-corrected chi connectivity index (χ3v) is 6.71. The molecule has 5 nitrogen and oxygen atoms in total. The third kappa shape index (κ3) is 4.37. The number of hydrogen-bond donors (Lipinski definition) is 1. The lowest BCUT2D eigenvalue weighted by Crippen LogP contribution is -2.36. The van der Waals surface area contributed by atoms with Gasteiger partial charge in [0.15, 0.2) is 5.78 Å². The number of ether oxygens (including phenoxy) is 1. The zero-order valence-electron chi connectivity index (χ0n) is 19.2. The molecule has 34 heavy (non-hydrogen) atoms. The first-order chi connectivity index (χ1) is 16.3. The number of Topliss-reactive ketones (excluding diaryl/α,β-unsaturated/α-hetero) is 1. The van der Waals surface area contributed by atoms with Crippen molar-refractivity contribution in [2.24, 2.45) is 0 Å². The molecule has 1 aliphatic rings. The lowest BCUT2D eigenvalue weighted by atomic mass is 9.92. The predicted molar refractivity (Wildman–Crippen MR) is 136 cm³/mol. The molecule has 0 atom stereocenters. The summed E-state index contributed by atoms with van der Waals surface area (Å²) in [4.78, 5) is 30.1. The number of amides is 1. The number of fused-ring (bicyclic) bond motifs is 1. The Morgan fingerprint density at radius 1 is 1.03 bits per heavy atom. The van der Waals surface area contributed by atoms with Crippen LogP contribution in [0.25, 0.3) is 21.8 Å². The molecule has 170 valence electrons. The molecule has 0 unspecified atom stereocenters. The fourth-order valence-electron chi connectivity index (χ4n) is 4.06. The van der Waals surface area contributed by atoms with Gasteiger partial charge in [-0.1, -0.05) is 36.4 Å². The van der Waals surface area contributed by atoms with E-state index in [9.17, 15) is 9.59 Å². The molecule has 0 bridgehead atoms. The first-order valence-electron chi connectivity index (χ1n) is 11.1. The van der Waals surface area contributed by atoms with E-state index in [1.807, 2.05) is 55.6 Å². The number of benzene rings is 3. The quantitative estimate of drug-likeness (QED) is 0.358. The second-order valence-electron chi connectivity index (χ2n) is 9.06. The number of nitrogens with zero attached hydrogens (tertiary/aromatic N) is 1. The Labute approximate surface area is 202 Å². The maximum Gasteiger partial charge on any atom is 0.255 e. The van der Waals surface area contributed by atoms with Gasteiger partial charge in [-0.3, -0.25) is 9.59 Å².